The Morgan fingerprint density at radius 3 is 3.05 bits per heavy atom. The van der Waals surface area contributed by atoms with Crippen LogP contribution in [0.25, 0.3) is 11.2 Å². The molecule has 0 aliphatic rings. The molecule has 0 aliphatic carbocycles. The molecule has 0 unspecified atom stereocenters. The van der Waals surface area contributed by atoms with Gasteiger partial charge in [0.25, 0.3) is 5.56 Å². The van der Waals surface area contributed by atoms with E-state index in [1.54, 1.807) is 29.7 Å². The Morgan fingerprint density at radius 1 is 1.40 bits per heavy atom. The Balaban J connectivity index is 2.02. The predicted molar refractivity (Wildman–Crippen MR) is 80.6 cm³/mol. The van der Waals surface area contributed by atoms with E-state index in [4.69, 9.17) is 0 Å². The number of hydrogen-bond donors (Lipinski definition) is 2. The van der Waals surface area contributed by atoms with Gasteiger partial charge >= 0.3 is 0 Å². The number of H-pyrrole nitrogens is 1. The van der Waals surface area contributed by atoms with Gasteiger partial charge in [0.1, 0.15) is 0 Å². The molecule has 7 heteroatoms. The van der Waals surface area contributed by atoms with Crippen molar-refractivity contribution in [1.29, 1.82) is 0 Å². The van der Waals surface area contributed by atoms with Crippen LogP contribution in [0.15, 0.2) is 40.3 Å². The molecule has 1 aromatic carbocycles. The number of thioether (sulfide) groups is 1. The van der Waals surface area contributed by atoms with E-state index in [1.807, 2.05) is 30.5 Å². The van der Waals surface area contributed by atoms with E-state index >= 15 is 0 Å². The van der Waals surface area contributed by atoms with Gasteiger partial charge in [-0.1, -0.05) is 6.07 Å². The first kappa shape index (κ1) is 12.7. The van der Waals surface area contributed by atoms with Gasteiger partial charge < -0.3 is 9.88 Å². The monoisotopic (exact) mass is 287 g/mol. The van der Waals surface area contributed by atoms with E-state index in [0.717, 1.165) is 10.6 Å². The van der Waals surface area contributed by atoms with Gasteiger partial charge in [0.15, 0.2) is 11.2 Å². The van der Waals surface area contributed by atoms with Crippen molar-refractivity contribution in [2.45, 2.75) is 4.90 Å². The molecular weight excluding hydrogens is 274 g/mol. The van der Waals surface area contributed by atoms with Crippen LogP contribution >= 0.6 is 11.8 Å². The number of aromatic amines is 1. The molecule has 0 saturated heterocycles. The number of nitrogens with zero attached hydrogens (tertiary/aromatic N) is 3. The Labute approximate surface area is 119 Å². The van der Waals surface area contributed by atoms with Gasteiger partial charge in [-0.2, -0.15) is 4.98 Å². The van der Waals surface area contributed by atoms with Crippen LogP contribution in [0.2, 0.25) is 0 Å². The molecule has 0 spiro atoms. The second-order valence-corrected chi connectivity index (χ2v) is 5.18. The first-order valence-corrected chi connectivity index (χ1v) is 7.22. The van der Waals surface area contributed by atoms with Crippen LogP contribution in [-0.2, 0) is 7.05 Å². The fourth-order valence-corrected chi connectivity index (χ4v) is 2.37. The number of benzene rings is 1. The maximum absolute atomic E-state index is 11.9. The van der Waals surface area contributed by atoms with Crippen LogP contribution in [0.5, 0.6) is 0 Å². The summed E-state index contributed by atoms with van der Waals surface area (Å²) in [6.45, 7) is 0. The fourth-order valence-electron chi connectivity index (χ4n) is 1.91. The van der Waals surface area contributed by atoms with Crippen LogP contribution in [0, 0.1) is 0 Å². The molecule has 0 atom stereocenters. The minimum absolute atomic E-state index is 0.251. The fraction of sp³-hybridized carbons (Fsp3) is 0.154. The molecule has 2 aromatic heterocycles. The highest BCUT2D eigenvalue weighted by Crippen LogP contribution is 2.20. The molecule has 0 fully saturated rings. The third-order valence-corrected chi connectivity index (χ3v) is 3.63. The van der Waals surface area contributed by atoms with E-state index in [-0.39, 0.29) is 5.56 Å². The summed E-state index contributed by atoms with van der Waals surface area (Å²) in [6, 6.07) is 7.90. The number of aromatic nitrogens is 4. The van der Waals surface area contributed by atoms with Crippen molar-refractivity contribution in [3.05, 3.63) is 40.9 Å². The van der Waals surface area contributed by atoms with E-state index in [2.05, 4.69) is 20.3 Å². The second-order valence-electron chi connectivity index (χ2n) is 4.30. The zero-order valence-electron chi connectivity index (χ0n) is 11.0. The highest BCUT2D eigenvalue weighted by Gasteiger charge is 2.08. The summed E-state index contributed by atoms with van der Waals surface area (Å²) in [5, 5.41) is 3.11. The zero-order chi connectivity index (χ0) is 14.1. The molecule has 2 heterocycles. The van der Waals surface area contributed by atoms with E-state index in [1.165, 1.54) is 0 Å². The lowest BCUT2D eigenvalue weighted by atomic mass is 10.3. The third kappa shape index (κ3) is 2.27. The largest absolute Gasteiger partial charge is 0.326 e. The minimum atomic E-state index is -0.251. The molecule has 0 aliphatic heterocycles. The topological polar surface area (TPSA) is 75.6 Å². The predicted octanol–water partition coefficient (Wildman–Crippen LogP) is 2.12. The van der Waals surface area contributed by atoms with Crippen molar-refractivity contribution < 1.29 is 0 Å². The number of rotatable bonds is 3. The van der Waals surface area contributed by atoms with Gasteiger partial charge in [0.05, 0.1) is 6.33 Å². The van der Waals surface area contributed by atoms with Crippen molar-refractivity contribution in [3.8, 4) is 0 Å². The first-order chi connectivity index (χ1) is 9.67. The molecular formula is C13H13N5OS. The first-order valence-electron chi connectivity index (χ1n) is 6.00. The summed E-state index contributed by atoms with van der Waals surface area (Å²) in [4.78, 5) is 24.1. The van der Waals surface area contributed by atoms with E-state index in [0.29, 0.717) is 17.1 Å². The van der Waals surface area contributed by atoms with Gasteiger partial charge in [-0.3, -0.25) is 9.78 Å². The van der Waals surface area contributed by atoms with Gasteiger partial charge in [0.2, 0.25) is 5.95 Å². The lowest BCUT2D eigenvalue weighted by Gasteiger charge is -2.06. The van der Waals surface area contributed by atoms with E-state index in [9.17, 15) is 4.79 Å². The molecule has 102 valence electrons. The number of fused-ring (bicyclic) bond motifs is 1. The normalized spacial score (nSPS) is 10.9. The van der Waals surface area contributed by atoms with Gasteiger partial charge in [-0.15, -0.1) is 11.8 Å². The SMILES string of the molecule is CSc1cccc(Nc2nc3c(ncn3C)c(=O)[nH]2)c1. The Morgan fingerprint density at radius 2 is 2.25 bits per heavy atom. The summed E-state index contributed by atoms with van der Waals surface area (Å²) in [7, 11) is 1.81. The molecule has 0 radical (unpaired) electrons. The van der Waals surface area contributed by atoms with Crippen LogP contribution in [-0.4, -0.2) is 25.8 Å². The van der Waals surface area contributed by atoms with Crippen molar-refractivity contribution >= 4 is 34.6 Å². The molecule has 3 rings (SSSR count). The Kier molecular flexibility index (Phi) is 3.19. The maximum Gasteiger partial charge on any atom is 0.280 e. The van der Waals surface area contributed by atoms with Crippen LogP contribution in [0.1, 0.15) is 0 Å². The van der Waals surface area contributed by atoms with Crippen molar-refractivity contribution in [1.82, 2.24) is 19.5 Å². The van der Waals surface area contributed by atoms with Crippen molar-refractivity contribution in [2.75, 3.05) is 11.6 Å². The lowest BCUT2D eigenvalue weighted by Crippen LogP contribution is -2.12. The van der Waals surface area contributed by atoms with Crippen LogP contribution < -0.4 is 10.9 Å². The minimum Gasteiger partial charge on any atom is -0.326 e. The smallest absolute Gasteiger partial charge is 0.280 e. The molecule has 0 saturated carbocycles. The molecule has 0 bridgehead atoms. The Hall–Kier alpha value is -2.28. The second kappa shape index (κ2) is 5.01. The average Bonchev–Trinajstić information content (AvgIpc) is 2.81. The van der Waals surface area contributed by atoms with Gasteiger partial charge in [0, 0.05) is 17.6 Å². The highest BCUT2D eigenvalue weighted by atomic mass is 32.2. The quantitative estimate of drug-likeness (QED) is 0.722. The third-order valence-electron chi connectivity index (χ3n) is 2.90. The molecule has 20 heavy (non-hydrogen) atoms. The summed E-state index contributed by atoms with van der Waals surface area (Å²) >= 11 is 1.66. The summed E-state index contributed by atoms with van der Waals surface area (Å²) in [5.41, 5.74) is 1.52. The van der Waals surface area contributed by atoms with Crippen molar-refractivity contribution in [2.24, 2.45) is 7.05 Å². The van der Waals surface area contributed by atoms with Crippen molar-refractivity contribution in [3.63, 3.8) is 0 Å². The number of anilines is 2. The summed E-state index contributed by atoms with van der Waals surface area (Å²) in [6.07, 6.45) is 3.59. The number of aryl methyl sites for hydroxylation is 1. The van der Waals surface area contributed by atoms with Crippen LogP contribution in [0.4, 0.5) is 11.6 Å². The van der Waals surface area contributed by atoms with Gasteiger partial charge in [-0.05, 0) is 24.5 Å². The zero-order valence-corrected chi connectivity index (χ0v) is 11.9. The summed E-state index contributed by atoms with van der Waals surface area (Å²) in [5.74, 6) is 0.407. The highest BCUT2D eigenvalue weighted by molar-refractivity contribution is 7.98. The Bertz CT molecular complexity index is 823. The summed E-state index contributed by atoms with van der Waals surface area (Å²) < 4.78 is 1.72. The lowest BCUT2D eigenvalue weighted by molar-refractivity contribution is 0.928. The standard InChI is InChI=1S/C13H13N5OS/c1-18-7-14-10-11(18)16-13(17-12(10)19)15-8-4-3-5-9(6-8)20-2/h3-7H,1-2H3,(H2,15,16,17,19). The maximum atomic E-state index is 11.9. The van der Waals surface area contributed by atoms with Gasteiger partial charge in [-0.25, -0.2) is 4.98 Å². The van der Waals surface area contributed by atoms with Crippen LogP contribution in [0.3, 0.4) is 0 Å². The number of hydrogen-bond acceptors (Lipinski definition) is 5. The average molecular weight is 287 g/mol. The number of imidazole rings is 1. The molecule has 3 aromatic rings. The molecule has 2 N–H and O–H groups in total. The van der Waals surface area contributed by atoms with E-state index < -0.39 is 0 Å². The number of nitrogens with one attached hydrogen (secondary N) is 2. The molecule has 0 amide bonds. The molecule has 6 nitrogen and oxygen atoms in total.